The van der Waals surface area contributed by atoms with Gasteiger partial charge in [0, 0.05) is 18.7 Å². The number of fused-ring (bicyclic) bond motifs is 1. The zero-order chi connectivity index (χ0) is 12.5. The molecule has 1 fully saturated rings. The molecule has 0 aliphatic carbocycles. The summed E-state index contributed by atoms with van der Waals surface area (Å²) < 4.78 is 5.93. The zero-order valence-electron chi connectivity index (χ0n) is 10.8. The molecule has 1 saturated heterocycles. The van der Waals surface area contributed by atoms with Gasteiger partial charge in [-0.15, -0.1) is 0 Å². The van der Waals surface area contributed by atoms with Gasteiger partial charge in [-0.25, -0.2) is 0 Å². The number of rotatable bonds is 2. The Kier molecular flexibility index (Phi) is 3.18. The highest BCUT2D eigenvalue weighted by molar-refractivity contribution is 5.94. The highest BCUT2D eigenvalue weighted by Gasteiger charge is 2.28. The van der Waals surface area contributed by atoms with Crippen LogP contribution >= 0.6 is 0 Å². The number of likely N-dealkylation sites (tertiary alicyclic amines) is 1. The molecule has 0 saturated carbocycles. The van der Waals surface area contributed by atoms with Crippen molar-refractivity contribution >= 4 is 5.78 Å². The second-order valence-corrected chi connectivity index (χ2v) is 5.19. The first-order chi connectivity index (χ1) is 8.75. The molecule has 3 heteroatoms. The van der Waals surface area contributed by atoms with Crippen molar-refractivity contribution in [1.29, 1.82) is 0 Å². The Morgan fingerprint density at radius 2 is 2.11 bits per heavy atom. The molecule has 1 aromatic rings. The molecule has 18 heavy (non-hydrogen) atoms. The summed E-state index contributed by atoms with van der Waals surface area (Å²) in [6.07, 6.45) is 3.56. The second-order valence-electron chi connectivity index (χ2n) is 5.19. The fourth-order valence-electron chi connectivity index (χ4n) is 2.93. The Bertz CT molecular complexity index is 464. The van der Waals surface area contributed by atoms with Gasteiger partial charge in [0.15, 0.2) is 5.78 Å². The van der Waals surface area contributed by atoms with Gasteiger partial charge in [-0.3, -0.25) is 9.69 Å². The predicted octanol–water partition coefficient (Wildman–Crippen LogP) is 2.56. The summed E-state index contributed by atoms with van der Waals surface area (Å²) in [6, 6.07) is 6.05. The number of hydrogen-bond donors (Lipinski definition) is 0. The van der Waals surface area contributed by atoms with E-state index in [1.54, 1.807) is 6.92 Å². The maximum Gasteiger partial charge on any atom is 0.159 e. The van der Waals surface area contributed by atoms with Crippen LogP contribution in [0.15, 0.2) is 18.2 Å². The fraction of sp³-hybridized carbons (Fsp3) is 0.533. The highest BCUT2D eigenvalue weighted by atomic mass is 16.5. The molecule has 2 aliphatic rings. The third kappa shape index (κ3) is 2.08. The number of carbonyl (C=O) groups excluding carboxylic acids is 1. The van der Waals surface area contributed by atoms with Crippen LogP contribution in [0.2, 0.25) is 0 Å². The molecule has 3 rings (SSSR count). The first-order valence-corrected chi connectivity index (χ1v) is 6.75. The smallest absolute Gasteiger partial charge is 0.159 e. The van der Waals surface area contributed by atoms with E-state index in [2.05, 4.69) is 11.0 Å². The van der Waals surface area contributed by atoms with Crippen molar-refractivity contribution < 1.29 is 9.53 Å². The lowest BCUT2D eigenvalue weighted by Gasteiger charge is -2.33. The molecule has 0 radical (unpaired) electrons. The molecular formula is C15H19NO2. The predicted molar refractivity (Wildman–Crippen MR) is 69.7 cm³/mol. The topological polar surface area (TPSA) is 29.5 Å². The van der Waals surface area contributed by atoms with E-state index in [1.165, 1.54) is 24.0 Å². The van der Waals surface area contributed by atoms with Crippen molar-refractivity contribution in [3.05, 3.63) is 34.9 Å². The lowest BCUT2D eigenvalue weighted by molar-refractivity contribution is -0.0600. The van der Waals surface area contributed by atoms with E-state index < -0.39 is 0 Å². The summed E-state index contributed by atoms with van der Waals surface area (Å²) in [4.78, 5) is 13.8. The van der Waals surface area contributed by atoms with Crippen LogP contribution in [-0.4, -0.2) is 30.4 Å². The van der Waals surface area contributed by atoms with Crippen LogP contribution in [0.25, 0.3) is 0 Å². The van der Waals surface area contributed by atoms with Gasteiger partial charge in [0.2, 0.25) is 0 Å². The van der Waals surface area contributed by atoms with E-state index >= 15 is 0 Å². The third-order valence-electron chi connectivity index (χ3n) is 3.93. The SMILES string of the molecule is CC(=O)c1ccc2c(c1)CCO[C@@H]2N1CCCC1. The molecule has 2 heterocycles. The molecule has 0 bridgehead atoms. The zero-order valence-corrected chi connectivity index (χ0v) is 10.8. The Balaban J connectivity index is 1.93. The summed E-state index contributed by atoms with van der Waals surface area (Å²) in [5.74, 6) is 0.141. The van der Waals surface area contributed by atoms with Crippen molar-refractivity contribution in [2.75, 3.05) is 19.7 Å². The monoisotopic (exact) mass is 245 g/mol. The number of nitrogens with zero attached hydrogens (tertiary/aromatic N) is 1. The number of ketones is 1. The lowest BCUT2D eigenvalue weighted by Crippen LogP contribution is -2.32. The third-order valence-corrected chi connectivity index (χ3v) is 3.93. The van der Waals surface area contributed by atoms with Crippen LogP contribution < -0.4 is 0 Å². The van der Waals surface area contributed by atoms with E-state index in [9.17, 15) is 4.79 Å². The quantitative estimate of drug-likeness (QED) is 0.750. The van der Waals surface area contributed by atoms with Gasteiger partial charge in [0.05, 0.1) is 6.61 Å². The molecule has 0 N–H and O–H groups in total. The number of ether oxygens (including phenoxy) is 1. The summed E-state index contributed by atoms with van der Waals surface area (Å²) in [5, 5.41) is 0. The largest absolute Gasteiger partial charge is 0.358 e. The lowest BCUT2D eigenvalue weighted by atomic mass is 9.96. The van der Waals surface area contributed by atoms with Gasteiger partial charge in [-0.1, -0.05) is 12.1 Å². The van der Waals surface area contributed by atoms with Crippen molar-refractivity contribution in [2.45, 2.75) is 32.4 Å². The minimum Gasteiger partial charge on any atom is -0.358 e. The molecule has 1 aromatic carbocycles. The van der Waals surface area contributed by atoms with Gasteiger partial charge in [0.25, 0.3) is 0 Å². The van der Waals surface area contributed by atoms with E-state index in [0.717, 1.165) is 31.7 Å². The van der Waals surface area contributed by atoms with Crippen molar-refractivity contribution in [3.8, 4) is 0 Å². The van der Waals surface area contributed by atoms with Crippen molar-refractivity contribution in [3.63, 3.8) is 0 Å². The molecule has 0 spiro atoms. The van der Waals surface area contributed by atoms with E-state index in [4.69, 9.17) is 4.74 Å². The van der Waals surface area contributed by atoms with E-state index in [0.29, 0.717) is 0 Å². The highest BCUT2D eigenvalue weighted by Crippen LogP contribution is 2.32. The van der Waals surface area contributed by atoms with Crippen LogP contribution in [0.4, 0.5) is 0 Å². The number of hydrogen-bond acceptors (Lipinski definition) is 3. The summed E-state index contributed by atoms with van der Waals surface area (Å²) >= 11 is 0. The molecule has 96 valence electrons. The Labute approximate surface area is 108 Å². The Hall–Kier alpha value is -1.19. The fourth-order valence-corrected chi connectivity index (χ4v) is 2.93. The Morgan fingerprint density at radius 1 is 1.33 bits per heavy atom. The van der Waals surface area contributed by atoms with Crippen LogP contribution in [0.5, 0.6) is 0 Å². The second kappa shape index (κ2) is 4.82. The summed E-state index contributed by atoms with van der Waals surface area (Å²) in [6.45, 7) is 4.63. The number of Topliss-reactive ketones (excluding diaryl/α,β-unsaturated/α-hetero) is 1. The van der Waals surface area contributed by atoms with Crippen LogP contribution in [0.3, 0.4) is 0 Å². The average Bonchev–Trinajstić information content (AvgIpc) is 2.91. The van der Waals surface area contributed by atoms with Crippen LogP contribution in [-0.2, 0) is 11.2 Å². The van der Waals surface area contributed by atoms with Crippen molar-refractivity contribution in [2.24, 2.45) is 0 Å². The summed E-state index contributed by atoms with van der Waals surface area (Å²) in [5.41, 5.74) is 3.36. The molecule has 3 nitrogen and oxygen atoms in total. The maximum atomic E-state index is 11.4. The minimum absolute atomic E-state index is 0.109. The number of carbonyl (C=O) groups is 1. The first kappa shape index (κ1) is 11.9. The number of benzene rings is 1. The molecule has 0 aromatic heterocycles. The van der Waals surface area contributed by atoms with Crippen LogP contribution in [0, 0.1) is 0 Å². The standard InChI is InChI=1S/C15H19NO2/c1-11(17)12-4-5-14-13(10-12)6-9-18-15(14)16-7-2-3-8-16/h4-5,10,15H,2-3,6-9H2,1H3/t15-/m0/s1. The molecule has 0 amide bonds. The van der Waals surface area contributed by atoms with E-state index in [1.807, 2.05) is 12.1 Å². The van der Waals surface area contributed by atoms with E-state index in [-0.39, 0.29) is 12.0 Å². The van der Waals surface area contributed by atoms with Crippen molar-refractivity contribution in [1.82, 2.24) is 4.90 Å². The van der Waals surface area contributed by atoms with Gasteiger partial charge in [-0.05, 0) is 43.4 Å². The molecule has 1 atom stereocenters. The maximum absolute atomic E-state index is 11.4. The molecular weight excluding hydrogens is 226 g/mol. The van der Waals surface area contributed by atoms with Gasteiger partial charge in [0.1, 0.15) is 6.23 Å². The van der Waals surface area contributed by atoms with Gasteiger partial charge in [-0.2, -0.15) is 0 Å². The van der Waals surface area contributed by atoms with Crippen LogP contribution in [0.1, 0.15) is 47.5 Å². The minimum atomic E-state index is 0.109. The normalized spacial score (nSPS) is 23.9. The molecule has 0 unspecified atom stereocenters. The Morgan fingerprint density at radius 3 is 2.83 bits per heavy atom. The molecule has 2 aliphatic heterocycles. The van der Waals surface area contributed by atoms with Gasteiger partial charge < -0.3 is 4.74 Å². The van der Waals surface area contributed by atoms with Gasteiger partial charge >= 0.3 is 0 Å². The first-order valence-electron chi connectivity index (χ1n) is 6.75. The average molecular weight is 245 g/mol. The summed E-state index contributed by atoms with van der Waals surface area (Å²) in [7, 11) is 0.